The van der Waals surface area contributed by atoms with Gasteiger partial charge in [0, 0.05) is 55.2 Å². The van der Waals surface area contributed by atoms with E-state index in [1.807, 2.05) is 40.7 Å². The number of nitrogens with zero attached hydrogens (tertiary/aromatic N) is 5. The molecule has 0 unspecified atom stereocenters. The van der Waals surface area contributed by atoms with Gasteiger partial charge in [-0.15, -0.1) is 0 Å². The van der Waals surface area contributed by atoms with Gasteiger partial charge in [-0.25, -0.2) is 4.98 Å². The number of carbonyl (C=O) groups is 2. The van der Waals surface area contributed by atoms with Crippen LogP contribution in [0.5, 0.6) is 0 Å². The van der Waals surface area contributed by atoms with Gasteiger partial charge in [0.25, 0.3) is 5.91 Å². The number of pyridine rings is 1. The van der Waals surface area contributed by atoms with Crippen molar-refractivity contribution in [2.45, 2.75) is 70.0 Å². The Balaban J connectivity index is 1.24. The van der Waals surface area contributed by atoms with Gasteiger partial charge in [-0.3, -0.25) is 24.8 Å². The number of imidazole rings is 1. The molecule has 2 aromatic heterocycles. The molecule has 1 N–H and O–H groups in total. The molecule has 6 rings (SSSR count). The van der Waals surface area contributed by atoms with E-state index >= 15 is 0 Å². The van der Waals surface area contributed by atoms with Gasteiger partial charge < -0.3 is 9.47 Å². The van der Waals surface area contributed by atoms with Crippen LogP contribution in [0, 0.1) is 6.92 Å². The van der Waals surface area contributed by atoms with Crippen LogP contribution in [0.1, 0.15) is 67.0 Å². The predicted molar refractivity (Wildman–Crippen MR) is 153 cm³/mol. The number of para-hydroxylation sites is 1. The van der Waals surface area contributed by atoms with Gasteiger partial charge in [0.1, 0.15) is 0 Å². The molecule has 0 spiro atoms. The average Bonchev–Trinajstić information content (AvgIpc) is 3.84. The number of halogens is 1. The van der Waals surface area contributed by atoms with Crippen LogP contribution in [0.2, 0.25) is 5.02 Å². The topological polar surface area (TPSA) is 83.4 Å². The molecule has 1 aliphatic heterocycles. The zero-order valence-electron chi connectivity index (χ0n) is 22.4. The van der Waals surface area contributed by atoms with Gasteiger partial charge in [-0.2, -0.15) is 0 Å². The summed E-state index contributed by atoms with van der Waals surface area (Å²) in [6, 6.07) is 10.4. The van der Waals surface area contributed by atoms with Crippen molar-refractivity contribution in [2.24, 2.45) is 0 Å². The van der Waals surface area contributed by atoms with E-state index in [1.165, 1.54) is 25.7 Å². The number of hydrogen-bond acceptors (Lipinski definition) is 5. The van der Waals surface area contributed by atoms with Gasteiger partial charge in [0.2, 0.25) is 11.9 Å². The van der Waals surface area contributed by atoms with Crippen molar-refractivity contribution in [1.29, 1.82) is 0 Å². The van der Waals surface area contributed by atoms with Crippen molar-refractivity contribution in [3.63, 3.8) is 0 Å². The second-order valence-corrected chi connectivity index (χ2v) is 11.5. The lowest BCUT2D eigenvalue weighted by Gasteiger charge is -2.26. The molecule has 0 bridgehead atoms. The molecule has 0 radical (unpaired) electrons. The minimum absolute atomic E-state index is 0.0433. The lowest BCUT2D eigenvalue weighted by Crippen LogP contribution is -2.35. The monoisotopic (exact) mass is 546 g/mol. The molecular formula is C30H35ClN6O2. The fourth-order valence-corrected chi connectivity index (χ4v) is 5.99. The lowest BCUT2D eigenvalue weighted by atomic mass is 10.1. The second-order valence-electron chi connectivity index (χ2n) is 11.0. The Morgan fingerprint density at radius 2 is 1.92 bits per heavy atom. The molecule has 204 valence electrons. The summed E-state index contributed by atoms with van der Waals surface area (Å²) in [6.07, 6.45) is 13.3. The van der Waals surface area contributed by atoms with E-state index in [2.05, 4.69) is 15.2 Å². The standard InChI is InChI=1S/C30H35ClN6O2/c1-20-18-21(14-15-32-20)29(39)34-30-33-26-8-4-7-25(31)28(26)37(30)24-6-2-3-16-35(19-24)27(38)9-5-17-36(22-10-11-22)23-12-13-23/h4-5,7-9,14-15,18,22-24H,2-3,6,10-13,16-17,19H2,1H3,(H,33,34,39)/b9-5+/t24-/m1/s1. The summed E-state index contributed by atoms with van der Waals surface area (Å²) in [4.78, 5) is 40.0. The molecule has 3 aromatic rings. The Morgan fingerprint density at radius 3 is 2.67 bits per heavy atom. The third kappa shape index (κ3) is 5.87. The minimum atomic E-state index is -0.256. The Kier molecular flexibility index (Phi) is 7.40. The van der Waals surface area contributed by atoms with E-state index in [-0.39, 0.29) is 17.9 Å². The first-order valence-electron chi connectivity index (χ1n) is 14.1. The van der Waals surface area contributed by atoms with Crippen molar-refractivity contribution in [1.82, 2.24) is 24.3 Å². The highest BCUT2D eigenvalue weighted by atomic mass is 35.5. The van der Waals surface area contributed by atoms with Crippen molar-refractivity contribution in [3.05, 3.63) is 65.0 Å². The molecule has 8 nitrogen and oxygen atoms in total. The molecule has 3 aliphatic rings. The first kappa shape index (κ1) is 26.0. The summed E-state index contributed by atoms with van der Waals surface area (Å²) in [5.74, 6) is 0.229. The third-order valence-corrected chi connectivity index (χ3v) is 8.28. The van der Waals surface area contributed by atoms with Crippen LogP contribution in [0.3, 0.4) is 0 Å². The van der Waals surface area contributed by atoms with E-state index in [0.29, 0.717) is 47.2 Å². The van der Waals surface area contributed by atoms with Crippen LogP contribution in [0.15, 0.2) is 48.7 Å². The zero-order chi connectivity index (χ0) is 26.9. The molecule has 39 heavy (non-hydrogen) atoms. The Bertz CT molecular complexity index is 1400. The lowest BCUT2D eigenvalue weighted by molar-refractivity contribution is -0.126. The number of nitrogens with one attached hydrogen (secondary N) is 1. The van der Waals surface area contributed by atoms with Crippen LogP contribution in [-0.4, -0.2) is 67.9 Å². The number of rotatable bonds is 8. The Hall–Kier alpha value is -3.23. The predicted octanol–water partition coefficient (Wildman–Crippen LogP) is 5.38. The summed E-state index contributed by atoms with van der Waals surface area (Å²) < 4.78 is 2.03. The van der Waals surface area contributed by atoms with Crippen LogP contribution >= 0.6 is 11.6 Å². The second kappa shape index (κ2) is 11.1. The van der Waals surface area contributed by atoms with Crippen LogP contribution in [0.4, 0.5) is 5.95 Å². The molecule has 2 aliphatic carbocycles. The molecule has 2 saturated carbocycles. The number of aryl methyl sites for hydroxylation is 1. The minimum Gasteiger partial charge on any atom is -0.337 e. The quantitative estimate of drug-likeness (QED) is 0.383. The molecule has 9 heteroatoms. The normalized spacial score (nSPS) is 20.1. The Morgan fingerprint density at radius 1 is 1.13 bits per heavy atom. The van der Waals surface area contributed by atoms with Gasteiger partial charge >= 0.3 is 0 Å². The summed E-state index contributed by atoms with van der Waals surface area (Å²) in [5, 5.41) is 3.59. The highest BCUT2D eigenvalue weighted by Gasteiger charge is 2.38. The largest absolute Gasteiger partial charge is 0.337 e. The summed E-state index contributed by atoms with van der Waals surface area (Å²) >= 11 is 6.69. The van der Waals surface area contributed by atoms with Crippen LogP contribution < -0.4 is 5.32 Å². The van der Waals surface area contributed by atoms with Crippen molar-refractivity contribution in [2.75, 3.05) is 25.0 Å². The van der Waals surface area contributed by atoms with Crippen molar-refractivity contribution >= 4 is 40.4 Å². The molecule has 3 heterocycles. The maximum absolute atomic E-state index is 13.3. The number of amides is 2. The van der Waals surface area contributed by atoms with Crippen LogP contribution in [-0.2, 0) is 4.79 Å². The highest BCUT2D eigenvalue weighted by molar-refractivity contribution is 6.35. The SMILES string of the molecule is Cc1cc(C(=O)Nc2nc3cccc(Cl)c3n2[C@@H]2CCCCN(C(=O)/C=C/CN(C3CC3)C3CC3)C2)ccn1. The molecule has 1 aromatic carbocycles. The van der Waals surface area contributed by atoms with E-state index in [4.69, 9.17) is 16.6 Å². The van der Waals surface area contributed by atoms with E-state index in [9.17, 15) is 9.59 Å². The highest BCUT2D eigenvalue weighted by Crippen LogP contribution is 2.37. The summed E-state index contributed by atoms with van der Waals surface area (Å²) in [7, 11) is 0. The Labute approximate surface area is 234 Å². The first-order chi connectivity index (χ1) is 19.0. The van der Waals surface area contributed by atoms with Crippen molar-refractivity contribution < 1.29 is 9.59 Å². The molecular weight excluding hydrogens is 512 g/mol. The number of benzene rings is 1. The molecule has 1 saturated heterocycles. The van der Waals surface area contributed by atoms with Gasteiger partial charge in [-0.05, 0) is 76.1 Å². The first-order valence-corrected chi connectivity index (χ1v) is 14.5. The number of hydrogen-bond donors (Lipinski definition) is 1. The molecule has 1 atom stereocenters. The number of likely N-dealkylation sites (tertiary alicyclic amines) is 1. The maximum Gasteiger partial charge on any atom is 0.258 e. The maximum atomic E-state index is 13.3. The number of carbonyl (C=O) groups excluding carboxylic acids is 2. The third-order valence-electron chi connectivity index (χ3n) is 7.98. The van der Waals surface area contributed by atoms with Gasteiger partial charge in [0.05, 0.1) is 22.1 Å². The number of fused-ring (bicyclic) bond motifs is 1. The molecule has 3 fully saturated rings. The smallest absolute Gasteiger partial charge is 0.258 e. The number of aromatic nitrogens is 3. The van der Waals surface area contributed by atoms with Gasteiger partial charge in [-0.1, -0.05) is 23.7 Å². The van der Waals surface area contributed by atoms with E-state index < -0.39 is 0 Å². The number of anilines is 1. The van der Waals surface area contributed by atoms with Crippen molar-refractivity contribution in [3.8, 4) is 0 Å². The van der Waals surface area contributed by atoms with Crippen LogP contribution in [0.25, 0.3) is 11.0 Å². The fraction of sp³-hybridized carbons (Fsp3) is 0.467. The molecule has 2 amide bonds. The van der Waals surface area contributed by atoms with E-state index in [1.54, 1.807) is 24.4 Å². The van der Waals surface area contributed by atoms with E-state index in [0.717, 1.165) is 37.0 Å². The zero-order valence-corrected chi connectivity index (χ0v) is 23.1. The fourth-order valence-electron chi connectivity index (χ4n) is 5.73. The van der Waals surface area contributed by atoms with Gasteiger partial charge in [0.15, 0.2) is 0 Å². The summed E-state index contributed by atoms with van der Waals surface area (Å²) in [6.45, 7) is 3.95. The summed E-state index contributed by atoms with van der Waals surface area (Å²) in [5.41, 5.74) is 2.77. The average molecular weight is 547 g/mol.